The molecule has 0 aliphatic carbocycles. The lowest BCUT2D eigenvalue weighted by molar-refractivity contribution is 0.0948. The van der Waals surface area contributed by atoms with Crippen molar-refractivity contribution in [2.24, 2.45) is 5.41 Å². The fourth-order valence-electron chi connectivity index (χ4n) is 4.67. The van der Waals surface area contributed by atoms with Gasteiger partial charge in [0.2, 0.25) is 10.0 Å². The third kappa shape index (κ3) is 6.19. The molecule has 11 heteroatoms. The highest BCUT2D eigenvalue weighted by atomic mass is 32.2. The van der Waals surface area contributed by atoms with Gasteiger partial charge < -0.3 is 9.73 Å². The second-order valence-electron chi connectivity index (χ2n) is 10.5. The summed E-state index contributed by atoms with van der Waals surface area (Å²) >= 11 is 0. The summed E-state index contributed by atoms with van der Waals surface area (Å²) in [7, 11) is -2.55. The predicted molar refractivity (Wildman–Crippen MR) is 157 cm³/mol. The molecule has 8 nitrogen and oxygen atoms in total. The number of rotatable bonds is 10. The van der Waals surface area contributed by atoms with Gasteiger partial charge in [-0.15, -0.1) is 0 Å². The van der Waals surface area contributed by atoms with Crippen molar-refractivity contribution in [3.63, 3.8) is 0 Å². The Morgan fingerprint density at radius 3 is 2.36 bits per heavy atom. The molecule has 4 aromatic rings. The van der Waals surface area contributed by atoms with E-state index in [0.717, 1.165) is 10.6 Å². The summed E-state index contributed by atoms with van der Waals surface area (Å²) in [6.45, 7) is 1.84. The molecule has 1 N–H and O–H groups in total. The Labute approximate surface area is 242 Å². The van der Waals surface area contributed by atoms with E-state index in [1.54, 1.807) is 44.2 Å². The molecule has 0 fully saturated rings. The third-order valence-electron chi connectivity index (χ3n) is 6.72. The number of carbonyl (C=O) groups excluding carboxylic acids is 2. The van der Waals surface area contributed by atoms with Crippen LogP contribution in [0.3, 0.4) is 0 Å². The van der Waals surface area contributed by atoms with E-state index in [4.69, 9.17) is 4.42 Å². The molecule has 3 aromatic carbocycles. The fraction of sp³-hybridized carbons (Fsp3) is 0.258. The first-order valence-corrected chi connectivity index (χ1v) is 14.8. The smallest absolute Gasteiger partial charge is 0.255 e. The molecule has 0 bridgehead atoms. The number of amides is 1. The van der Waals surface area contributed by atoms with Gasteiger partial charge in [0.25, 0.3) is 5.91 Å². The molecule has 1 heterocycles. The van der Waals surface area contributed by atoms with E-state index in [2.05, 4.69) is 11.4 Å². The number of hydrogen-bond donors (Lipinski definition) is 1. The van der Waals surface area contributed by atoms with Crippen LogP contribution in [0.1, 0.15) is 41.0 Å². The van der Waals surface area contributed by atoms with E-state index in [-0.39, 0.29) is 34.8 Å². The van der Waals surface area contributed by atoms with Crippen molar-refractivity contribution in [2.45, 2.75) is 20.3 Å². The summed E-state index contributed by atoms with van der Waals surface area (Å²) in [4.78, 5) is 26.2. The van der Waals surface area contributed by atoms with Gasteiger partial charge in [-0.25, -0.2) is 17.2 Å². The number of halogens is 2. The Morgan fingerprint density at radius 1 is 1.07 bits per heavy atom. The van der Waals surface area contributed by atoms with Crippen LogP contribution in [-0.4, -0.2) is 46.6 Å². The highest BCUT2D eigenvalue weighted by Crippen LogP contribution is 2.42. The van der Waals surface area contributed by atoms with Crippen LogP contribution in [0.2, 0.25) is 0 Å². The lowest BCUT2D eigenvalue weighted by Gasteiger charge is -2.24. The van der Waals surface area contributed by atoms with Crippen molar-refractivity contribution in [1.82, 2.24) is 5.32 Å². The molecule has 1 aromatic heterocycles. The van der Waals surface area contributed by atoms with Crippen molar-refractivity contribution < 1.29 is 31.2 Å². The maximum absolute atomic E-state index is 13.7. The van der Waals surface area contributed by atoms with Gasteiger partial charge in [0, 0.05) is 41.6 Å². The minimum atomic E-state index is -3.99. The van der Waals surface area contributed by atoms with Crippen LogP contribution in [0.25, 0.3) is 33.4 Å². The minimum Gasteiger partial charge on any atom is -0.455 e. The summed E-state index contributed by atoms with van der Waals surface area (Å²) in [6, 6.07) is 16.8. The Hall–Kier alpha value is -4.56. The number of Topliss-reactive ketones (excluding diaryl/α,β-unsaturated/α-hetero) is 1. The summed E-state index contributed by atoms with van der Waals surface area (Å²) in [5.74, 6) is -1.14. The third-order valence-corrected chi connectivity index (χ3v) is 7.90. The summed E-state index contributed by atoms with van der Waals surface area (Å²) < 4.78 is 59.9. The normalized spacial score (nSPS) is 11.7. The minimum absolute atomic E-state index is 0.0419. The molecule has 0 unspecified atom stereocenters. The van der Waals surface area contributed by atoms with E-state index in [1.807, 2.05) is 0 Å². The van der Waals surface area contributed by atoms with E-state index in [1.165, 1.54) is 37.4 Å². The SMILES string of the molecule is CNC(=O)c1c(-c2ccc(F)cc2)oc2cc(N(CCF)S(C)(=O)=O)c(-c3cccc(C(=O)CC(C)(C)C#N)c3)cc12. The quantitative estimate of drug-likeness (QED) is 0.221. The standard InChI is InChI=1S/C31H29F2N3O5S/c1-31(2,18-34)17-26(37)21-7-5-6-20(14-21)23-15-24-27(16-25(23)36(13-12-32)42(4,39)40)41-29(28(24)30(38)35-3)19-8-10-22(33)11-9-19/h5-11,14-16H,12-13,17H2,1-4H3,(H,35,38). The molecule has 218 valence electrons. The number of nitrogens with zero attached hydrogens (tertiary/aromatic N) is 2. The molecule has 0 aliphatic heterocycles. The first-order valence-electron chi connectivity index (χ1n) is 13.0. The van der Waals surface area contributed by atoms with Crippen LogP contribution in [0.4, 0.5) is 14.5 Å². The van der Waals surface area contributed by atoms with Gasteiger partial charge in [-0.05, 0) is 55.8 Å². The lowest BCUT2D eigenvalue weighted by Crippen LogP contribution is -2.32. The number of ketones is 1. The van der Waals surface area contributed by atoms with Crippen molar-refractivity contribution in [3.05, 3.63) is 77.6 Å². The molecule has 1 amide bonds. The summed E-state index contributed by atoms with van der Waals surface area (Å²) in [5.41, 5.74) is 0.872. The Kier molecular flexibility index (Phi) is 8.50. The zero-order chi connectivity index (χ0) is 30.8. The second-order valence-corrected chi connectivity index (χ2v) is 12.4. The van der Waals surface area contributed by atoms with Crippen LogP contribution in [0, 0.1) is 22.6 Å². The predicted octanol–water partition coefficient (Wildman–Crippen LogP) is 6.12. The van der Waals surface area contributed by atoms with Gasteiger partial charge in [0.15, 0.2) is 5.78 Å². The van der Waals surface area contributed by atoms with Crippen LogP contribution >= 0.6 is 0 Å². The number of carbonyl (C=O) groups is 2. The highest BCUT2D eigenvalue weighted by Gasteiger charge is 2.28. The fourth-order valence-corrected chi connectivity index (χ4v) is 5.58. The number of furan rings is 1. The van der Waals surface area contributed by atoms with Gasteiger partial charge in [0.1, 0.15) is 23.8 Å². The molecule has 0 radical (unpaired) electrons. The average molecular weight is 594 g/mol. The van der Waals surface area contributed by atoms with E-state index < -0.39 is 40.4 Å². The van der Waals surface area contributed by atoms with Crippen molar-refractivity contribution in [3.8, 4) is 28.5 Å². The van der Waals surface area contributed by atoms with E-state index in [9.17, 15) is 32.0 Å². The molecule has 42 heavy (non-hydrogen) atoms. The number of nitriles is 1. The number of benzene rings is 3. The number of fused-ring (bicyclic) bond motifs is 1. The van der Waals surface area contributed by atoms with Crippen molar-refractivity contribution in [1.29, 1.82) is 5.26 Å². The van der Waals surface area contributed by atoms with Gasteiger partial charge in [0.05, 0.1) is 35.5 Å². The highest BCUT2D eigenvalue weighted by molar-refractivity contribution is 7.92. The van der Waals surface area contributed by atoms with Gasteiger partial charge in [-0.1, -0.05) is 18.2 Å². The van der Waals surface area contributed by atoms with E-state index >= 15 is 0 Å². The average Bonchev–Trinajstić information content (AvgIpc) is 3.33. The maximum Gasteiger partial charge on any atom is 0.255 e. The van der Waals surface area contributed by atoms with Gasteiger partial charge in [-0.3, -0.25) is 13.9 Å². The number of alkyl halides is 1. The molecule has 0 saturated carbocycles. The van der Waals surface area contributed by atoms with E-state index in [0.29, 0.717) is 27.6 Å². The Balaban J connectivity index is 2.04. The molecule has 0 atom stereocenters. The first-order chi connectivity index (χ1) is 19.8. The topological polar surface area (TPSA) is 120 Å². The van der Waals surface area contributed by atoms with Crippen LogP contribution in [0.5, 0.6) is 0 Å². The van der Waals surface area contributed by atoms with Gasteiger partial charge >= 0.3 is 0 Å². The molecule has 0 spiro atoms. The second kappa shape index (κ2) is 11.7. The molecule has 4 rings (SSSR count). The van der Waals surface area contributed by atoms with Crippen LogP contribution in [0.15, 0.2) is 65.1 Å². The zero-order valence-corrected chi connectivity index (χ0v) is 24.3. The Bertz CT molecular complexity index is 1820. The summed E-state index contributed by atoms with van der Waals surface area (Å²) in [6.07, 6.45) is 0.905. The number of anilines is 1. The van der Waals surface area contributed by atoms with Crippen LogP contribution < -0.4 is 9.62 Å². The monoisotopic (exact) mass is 593 g/mol. The number of hydrogen-bond acceptors (Lipinski definition) is 6. The maximum atomic E-state index is 13.7. The number of nitrogens with one attached hydrogen (secondary N) is 1. The lowest BCUT2D eigenvalue weighted by atomic mass is 9.86. The molecule has 0 saturated heterocycles. The van der Waals surface area contributed by atoms with Crippen molar-refractivity contribution >= 4 is 38.4 Å². The molecular weight excluding hydrogens is 564 g/mol. The van der Waals surface area contributed by atoms with Gasteiger partial charge in [-0.2, -0.15) is 5.26 Å². The van der Waals surface area contributed by atoms with Crippen molar-refractivity contribution in [2.75, 3.05) is 30.8 Å². The summed E-state index contributed by atoms with van der Waals surface area (Å²) in [5, 5.41) is 12.3. The molecular formula is C31H29F2N3O5S. The zero-order valence-electron chi connectivity index (χ0n) is 23.5. The number of sulfonamides is 1. The largest absolute Gasteiger partial charge is 0.455 e. The first kappa shape index (κ1) is 30.4. The molecule has 0 aliphatic rings. The van der Waals surface area contributed by atoms with Crippen LogP contribution in [-0.2, 0) is 10.0 Å². The Morgan fingerprint density at radius 2 is 1.76 bits per heavy atom.